The minimum atomic E-state index is 0.0596. The fourth-order valence-electron chi connectivity index (χ4n) is 1.86. The third-order valence-corrected chi connectivity index (χ3v) is 3.08. The van der Waals surface area contributed by atoms with E-state index in [1.807, 2.05) is 30.3 Å². The van der Waals surface area contributed by atoms with Crippen molar-refractivity contribution in [2.24, 2.45) is 5.92 Å². The van der Waals surface area contributed by atoms with Crippen LogP contribution in [-0.4, -0.2) is 25.6 Å². The van der Waals surface area contributed by atoms with Crippen LogP contribution in [0, 0.1) is 17.2 Å². The van der Waals surface area contributed by atoms with E-state index in [0.717, 1.165) is 24.9 Å². The minimum absolute atomic E-state index is 0.0596. The van der Waals surface area contributed by atoms with Gasteiger partial charge in [0.15, 0.2) is 6.61 Å². The van der Waals surface area contributed by atoms with Crippen LogP contribution >= 0.6 is 0 Å². The summed E-state index contributed by atoms with van der Waals surface area (Å²) in [7, 11) is 0. The normalized spacial score (nSPS) is 13.6. The number of carbonyl (C=O) groups excluding carboxylic acids is 1. The zero-order valence-corrected chi connectivity index (χ0v) is 11.4. The van der Waals surface area contributed by atoms with E-state index < -0.39 is 0 Å². The van der Waals surface area contributed by atoms with Gasteiger partial charge in [0.25, 0.3) is 0 Å². The van der Waals surface area contributed by atoms with Crippen LogP contribution in [0.25, 0.3) is 0 Å². The van der Waals surface area contributed by atoms with Crippen molar-refractivity contribution in [1.82, 2.24) is 10.6 Å². The number of rotatable bonds is 8. The van der Waals surface area contributed by atoms with Gasteiger partial charge in [0, 0.05) is 25.6 Å². The molecule has 20 heavy (non-hydrogen) atoms. The summed E-state index contributed by atoms with van der Waals surface area (Å²) in [6.45, 7) is 2.16. The molecule has 1 aliphatic carbocycles. The molecular weight excluding hydrogens is 254 g/mol. The molecule has 1 saturated carbocycles. The molecule has 0 bridgehead atoms. The van der Waals surface area contributed by atoms with Gasteiger partial charge in [-0.25, -0.2) is 0 Å². The third kappa shape index (κ3) is 4.90. The Morgan fingerprint density at radius 3 is 3.00 bits per heavy atom. The number of ether oxygens (including phenoxy) is 1. The van der Waals surface area contributed by atoms with Gasteiger partial charge in [-0.3, -0.25) is 4.79 Å². The molecular formula is C15H19N3O2. The Labute approximate surface area is 118 Å². The highest BCUT2D eigenvalue weighted by Gasteiger charge is 2.28. The number of carbonyl (C=O) groups is 1. The van der Waals surface area contributed by atoms with Crippen molar-refractivity contribution in [3.8, 4) is 11.8 Å². The van der Waals surface area contributed by atoms with Crippen LogP contribution in [0.3, 0.4) is 0 Å². The summed E-state index contributed by atoms with van der Waals surface area (Å²) in [5, 5.41) is 14.6. The van der Waals surface area contributed by atoms with Crippen LogP contribution < -0.4 is 15.4 Å². The van der Waals surface area contributed by atoms with Gasteiger partial charge in [-0.2, -0.15) is 5.26 Å². The van der Waals surface area contributed by atoms with Crippen LogP contribution in [0.4, 0.5) is 0 Å². The van der Waals surface area contributed by atoms with Gasteiger partial charge in [0.2, 0.25) is 5.91 Å². The largest absolute Gasteiger partial charge is 0.479 e. The maximum atomic E-state index is 11.4. The quantitative estimate of drug-likeness (QED) is 0.698. The van der Waals surface area contributed by atoms with E-state index in [1.165, 1.54) is 0 Å². The first kappa shape index (κ1) is 14.4. The second-order valence-electron chi connectivity index (χ2n) is 4.84. The Balaban J connectivity index is 1.63. The molecule has 0 spiro atoms. The Morgan fingerprint density at radius 1 is 1.40 bits per heavy atom. The number of nitriles is 1. The summed E-state index contributed by atoms with van der Waals surface area (Å²) in [4.78, 5) is 11.4. The molecule has 1 aromatic rings. The van der Waals surface area contributed by atoms with E-state index in [1.54, 1.807) is 0 Å². The standard InChI is InChI=1S/C15H19N3O2/c16-6-9-20-14-3-1-2-12(10-14)11-17-7-8-18-15(19)13-4-5-13/h1-3,10,13,17H,4-5,7-9,11H2,(H,18,19). The number of hydrogen-bond donors (Lipinski definition) is 2. The smallest absolute Gasteiger partial charge is 0.223 e. The van der Waals surface area contributed by atoms with E-state index in [0.29, 0.717) is 18.8 Å². The zero-order chi connectivity index (χ0) is 14.2. The van der Waals surface area contributed by atoms with Crippen molar-refractivity contribution >= 4 is 5.91 Å². The lowest BCUT2D eigenvalue weighted by atomic mass is 10.2. The molecule has 1 fully saturated rings. The highest BCUT2D eigenvalue weighted by molar-refractivity contribution is 5.80. The van der Waals surface area contributed by atoms with Gasteiger partial charge < -0.3 is 15.4 Å². The summed E-state index contributed by atoms with van der Waals surface area (Å²) >= 11 is 0. The number of amides is 1. The molecule has 2 rings (SSSR count). The minimum Gasteiger partial charge on any atom is -0.479 e. The van der Waals surface area contributed by atoms with Gasteiger partial charge in [-0.05, 0) is 30.5 Å². The fraction of sp³-hybridized carbons (Fsp3) is 0.467. The molecule has 1 aromatic carbocycles. The van der Waals surface area contributed by atoms with E-state index in [-0.39, 0.29) is 18.4 Å². The molecule has 0 radical (unpaired) electrons. The summed E-state index contributed by atoms with van der Waals surface area (Å²) < 4.78 is 5.24. The van der Waals surface area contributed by atoms with Crippen molar-refractivity contribution in [1.29, 1.82) is 5.26 Å². The predicted octanol–water partition coefficient (Wildman–Crippen LogP) is 1.20. The third-order valence-electron chi connectivity index (χ3n) is 3.08. The van der Waals surface area contributed by atoms with Gasteiger partial charge >= 0.3 is 0 Å². The average molecular weight is 273 g/mol. The second kappa shape index (κ2) is 7.51. The SMILES string of the molecule is N#CCOc1cccc(CNCCNC(=O)C2CC2)c1. The average Bonchev–Trinajstić information content (AvgIpc) is 3.29. The van der Waals surface area contributed by atoms with Gasteiger partial charge in [-0.15, -0.1) is 0 Å². The first-order valence-electron chi connectivity index (χ1n) is 6.86. The lowest BCUT2D eigenvalue weighted by molar-refractivity contribution is -0.122. The molecule has 5 heteroatoms. The fourth-order valence-corrected chi connectivity index (χ4v) is 1.86. The Hall–Kier alpha value is -2.06. The van der Waals surface area contributed by atoms with Gasteiger partial charge in [-0.1, -0.05) is 12.1 Å². The number of nitrogens with one attached hydrogen (secondary N) is 2. The van der Waals surface area contributed by atoms with Gasteiger partial charge in [0.1, 0.15) is 11.8 Å². The first-order valence-corrected chi connectivity index (χ1v) is 6.86. The Kier molecular flexibility index (Phi) is 5.39. The van der Waals surface area contributed by atoms with Crippen molar-refractivity contribution in [2.75, 3.05) is 19.7 Å². The molecule has 0 aliphatic heterocycles. The maximum absolute atomic E-state index is 11.4. The summed E-state index contributed by atoms with van der Waals surface area (Å²) in [6.07, 6.45) is 2.07. The highest BCUT2D eigenvalue weighted by atomic mass is 16.5. The van der Waals surface area contributed by atoms with E-state index >= 15 is 0 Å². The number of benzene rings is 1. The number of hydrogen-bond acceptors (Lipinski definition) is 4. The molecule has 106 valence electrons. The lowest BCUT2D eigenvalue weighted by Crippen LogP contribution is -2.32. The summed E-state index contributed by atoms with van der Waals surface area (Å²) in [5.41, 5.74) is 1.09. The Bertz CT molecular complexity index is 492. The molecule has 0 saturated heterocycles. The monoisotopic (exact) mass is 273 g/mol. The topological polar surface area (TPSA) is 74.2 Å². The highest BCUT2D eigenvalue weighted by Crippen LogP contribution is 2.28. The van der Waals surface area contributed by atoms with Crippen molar-refractivity contribution in [3.05, 3.63) is 29.8 Å². The maximum Gasteiger partial charge on any atom is 0.223 e. The van der Waals surface area contributed by atoms with Crippen molar-refractivity contribution < 1.29 is 9.53 Å². The summed E-state index contributed by atoms with van der Waals surface area (Å²) in [6, 6.07) is 9.58. The predicted molar refractivity (Wildman–Crippen MR) is 75.0 cm³/mol. The van der Waals surface area contributed by atoms with Gasteiger partial charge in [0.05, 0.1) is 0 Å². The molecule has 0 aromatic heterocycles. The van der Waals surface area contributed by atoms with E-state index in [4.69, 9.17) is 10.00 Å². The molecule has 1 aliphatic rings. The van der Waals surface area contributed by atoms with E-state index in [2.05, 4.69) is 10.6 Å². The molecule has 0 heterocycles. The lowest BCUT2D eigenvalue weighted by Gasteiger charge is -2.08. The van der Waals surface area contributed by atoms with Crippen molar-refractivity contribution in [2.45, 2.75) is 19.4 Å². The number of nitrogens with zero attached hydrogens (tertiary/aromatic N) is 1. The first-order chi connectivity index (χ1) is 9.79. The van der Waals surface area contributed by atoms with Crippen LogP contribution in [0.15, 0.2) is 24.3 Å². The zero-order valence-electron chi connectivity index (χ0n) is 11.4. The van der Waals surface area contributed by atoms with Crippen molar-refractivity contribution in [3.63, 3.8) is 0 Å². The Morgan fingerprint density at radius 2 is 2.25 bits per heavy atom. The van der Waals surface area contributed by atoms with Crippen LogP contribution in [0.2, 0.25) is 0 Å². The molecule has 2 N–H and O–H groups in total. The second-order valence-corrected chi connectivity index (χ2v) is 4.84. The van der Waals surface area contributed by atoms with Crippen LogP contribution in [-0.2, 0) is 11.3 Å². The molecule has 0 unspecified atom stereocenters. The molecule has 0 atom stereocenters. The van der Waals surface area contributed by atoms with Crippen LogP contribution in [0.5, 0.6) is 5.75 Å². The van der Waals surface area contributed by atoms with E-state index in [9.17, 15) is 4.79 Å². The molecule has 5 nitrogen and oxygen atoms in total. The summed E-state index contributed by atoms with van der Waals surface area (Å²) in [5.74, 6) is 1.15. The van der Waals surface area contributed by atoms with Crippen LogP contribution in [0.1, 0.15) is 18.4 Å². The molecule has 1 amide bonds.